The number of H-pyrrole nitrogens is 1. The number of nitrogens with zero attached hydrogens (tertiary/aromatic N) is 3. The lowest BCUT2D eigenvalue weighted by molar-refractivity contribution is 0.388. The molecule has 5 aromatic rings. The van der Waals surface area contributed by atoms with Crippen LogP contribution in [0, 0.1) is 6.92 Å². The maximum atomic E-state index is 13.6. The Morgan fingerprint density at radius 3 is 2.41 bits per heavy atom. The molecule has 0 saturated carbocycles. The lowest BCUT2D eigenvalue weighted by Crippen LogP contribution is -2.28. The predicted molar refractivity (Wildman–Crippen MR) is 143 cm³/mol. The summed E-state index contributed by atoms with van der Waals surface area (Å²) in [6.45, 7) is 3.98. The Balaban J connectivity index is 0.00000320. The normalized spacial score (nSPS) is 10.9. The van der Waals surface area contributed by atoms with Gasteiger partial charge in [0, 0.05) is 23.6 Å². The second kappa shape index (κ2) is 11.3. The Bertz CT molecular complexity index is 1600. The smallest absolute Gasteiger partial charge is 0.439 e. The van der Waals surface area contributed by atoms with Crippen LogP contribution < -0.4 is 11.3 Å². The van der Waals surface area contributed by atoms with Crippen molar-refractivity contribution in [3.63, 3.8) is 0 Å². The zero-order valence-electron chi connectivity index (χ0n) is 20.6. The molecule has 0 aliphatic heterocycles. The van der Waals surface area contributed by atoms with E-state index >= 15 is 0 Å². The third kappa shape index (κ3) is 5.34. The molecule has 9 heteroatoms. The Hall–Kier alpha value is -4.17. The van der Waals surface area contributed by atoms with E-state index in [1.807, 2.05) is 55.5 Å². The summed E-state index contributed by atoms with van der Waals surface area (Å²) in [7, 11) is 0. The minimum Gasteiger partial charge on any atom is -0.470 e. The maximum absolute atomic E-state index is 13.6. The van der Waals surface area contributed by atoms with Gasteiger partial charge in [0.1, 0.15) is 12.1 Å². The van der Waals surface area contributed by atoms with Crippen LogP contribution in [0.15, 0.2) is 85.7 Å². The lowest BCUT2D eigenvalue weighted by atomic mass is 9.96. The van der Waals surface area contributed by atoms with Crippen LogP contribution in [0.4, 0.5) is 0 Å². The zero-order chi connectivity index (χ0) is 25.1. The van der Waals surface area contributed by atoms with Gasteiger partial charge >= 0.3 is 5.76 Å². The van der Waals surface area contributed by atoms with Crippen molar-refractivity contribution < 1.29 is 8.94 Å². The molecule has 0 atom stereocenters. The van der Waals surface area contributed by atoms with Gasteiger partial charge in [0.15, 0.2) is 5.82 Å². The van der Waals surface area contributed by atoms with Crippen LogP contribution in [0.3, 0.4) is 0 Å². The second-order valence-electron chi connectivity index (χ2n) is 8.67. The van der Waals surface area contributed by atoms with Crippen molar-refractivity contribution in [3.8, 4) is 28.2 Å². The highest BCUT2D eigenvalue weighted by Gasteiger charge is 2.17. The fraction of sp³-hybridized carbons (Fsp3) is 0.214. The number of aryl methyl sites for hydroxylation is 2. The second-order valence-corrected chi connectivity index (χ2v) is 8.67. The van der Waals surface area contributed by atoms with Crippen molar-refractivity contribution >= 4 is 12.4 Å². The molecule has 0 radical (unpaired) electrons. The van der Waals surface area contributed by atoms with E-state index in [0.29, 0.717) is 29.3 Å². The molecule has 0 fully saturated rings. The van der Waals surface area contributed by atoms with Crippen LogP contribution in [-0.4, -0.2) is 19.7 Å². The molecule has 0 saturated heterocycles. The first kappa shape index (κ1) is 25.9. The highest BCUT2D eigenvalue weighted by Crippen LogP contribution is 2.30. The Kier molecular flexibility index (Phi) is 7.89. The summed E-state index contributed by atoms with van der Waals surface area (Å²) in [4.78, 5) is 32.5. The van der Waals surface area contributed by atoms with Crippen molar-refractivity contribution in [2.75, 3.05) is 0 Å². The van der Waals surface area contributed by atoms with E-state index in [2.05, 4.69) is 21.6 Å². The average molecular weight is 519 g/mol. The first-order chi connectivity index (χ1) is 17.5. The van der Waals surface area contributed by atoms with Gasteiger partial charge in [-0.1, -0.05) is 67.0 Å². The van der Waals surface area contributed by atoms with E-state index in [1.165, 1.54) is 0 Å². The Morgan fingerprint density at radius 1 is 1.00 bits per heavy atom. The molecule has 190 valence electrons. The topological polar surface area (TPSA) is 107 Å². The van der Waals surface area contributed by atoms with E-state index in [-0.39, 0.29) is 18.0 Å². The monoisotopic (exact) mass is 518 g/mol. The molecule has 37 heavy (non-hydrogen) atoms. The quantitative estimate of drug-likeness (QED) is 0.290. The summed E-state index contributed by atoms with van der Waals surface area (Å²) in [5.74, 6) is 0.432. The summed E-state index contributed by atoms with van der Waals surface area (Å²) in [6.07, 6.45) is 6.33. The van der Waals surface area contributed by atoms with E-state index in [4.69, 9.17) is 9.40 Å². The molecule has 0 bridgehead atoms. The predicted octanol–water partition coefficient (Wildman–Crippen LogP) is 5.50. The summed E-state index contributed by atoms with van der Waals surface area (Å²) in [6, 6.07) is 17.5. The molecule has 5 rings (SSSR count). The Labute approximate surface area is 219 Å². The van der Waals surface area contributed by atoms with Crippen molar-refractivity contribution in [1.82, 2.24) is 19.7 Å². The molecule has 0 aliphatic carbocycles. The van der Waals surface area contributed by atoms with Gasteiger partial charge in [-0.05, 0) is 36.5 Å². The molecular weight excluding hydrogens is 492 g/mol. The van der Waals surface area contributed by atoms with Gasteiger partial charge in [-0.15, -0.1) is 12.4 Å². The van der Waals surface area contributed by atoms with E-state index in [9.17, 15) is 9.59 Å². The van der Waals surface area contributed by atoms with Crippen LogP contribution in [0.5, 0.6) is 0 Å². The average Bonchev–Trinajstić information content (AvgIpc) is 3.57. The minimum absolute atomic E-state index is 0. The number of aromatic amines is 1. The van der Waals surface area contributed by atoms with Gasteiger partial charge in [0.25, 0.3) is 5.56 Å². The maximum Gasteiger partial charge on any atom is 0.439 e. The standard InChI is InChI=1S/C28H26N4O4.ClH/c1-3-4-9-25-24(27(33)32(18(2)29-25)21-14-15-35-17-21)16-19-10-12-20(13-11-19)22-7-5-6-8-23(22)26-30-28(34)36-31-26;/h5-8,10-15,17H,3-4,9,16H2,1-2H3,(H,30,31,34);1H. The number of benzene rings is 2. The highest BCUT2D eigenvalue weighted by atomic mass is 35.5. The van der Waals surface area contributed by atoms with Gasteiger partial charge in [-0.2, -0.15) is 0 Å². The first-order valence-corrected chi connectivity index (χ1v) is 11.9. The highest BCUT2D eigenvalue weighted by molar-refractivity contribution is 5.85. The SMILES string of the molecule is CCCCc1nc(C)n(-c2ccoc2)c(=O)c1Cc1ccc(-c2ccccc2-c2noc(=O)[nH]2)cc1.Cl. The number of furan rings is 1. The molecule has 1 N–H and O–H groups in total. The number of hydrogen-bond acceptors (Lipinski definition) is 6. The van der Waals surface area contributed by atoms with Crippen LogP contribution in [0.1, 0.15) is 42.4 Å². The number of aromatic nitrogens is 4. The van der Waals surface area contributed by atoms with Gasteiger partial charge in [-0.3, -0.25) is 18.9 Å². The largest absolute Gasteiger partial charge is 0.470 e. The molecule has 3 aromatic heterocycles. The first-order valence-electron chi connectivity index (χ1n) is 11.9. The van der Waals surface area contributed by atoms with Crippen molar-refractivity contribution in [1.29, 1.82) is 0 Å². The lowest BCUT2D eigenvalue weighted by Gasteiger charge is -2.15. The van der Waals surface area contributed by atoms with E-state index in [0.717, 1.165) is 47.2 Å². The summed E-state index contributed by atoms with van der Waals surface area (Å²) in [5, 5.41) is 3.83. The third-order valence-electron chi connectivity index (χ3n) is 6.23. The number of unbranched alkanes of at least 4 members (excludes halogenated alkanes) is 1. The molecule has 0 aliphatic rings. The summed E-state index contributed by atoms with van der Waals surface area (Å²) >= 11 is 0. The van der Waals surface area contributed by atoms with Gasteiger partial charge in [0.05, 0.1) is 17.6 Å². The Morgan fingerprint density at radius 2 is 1.76 bits per heavy atom. The molecule has 0 spiro atoms. The fourth-order valence-electron chi connectivity index (χ4n) is 4.43. The molecule has 0 unspecified atom stereocenters. The molecule has 8 nitrogen and oxygen atoms in total. The van der Waals surface area contributed by atoms with Crippen molar-refractivity contribution in [2.45, 2.75) is 39.5 Å². The van der Waals surface area contributed by atoms with Crippen molar-refractivity contribution in [3.05, 3.63) is 111 Å². The molecule has 3 heterocycles. The van der Waals surface area contributed by atoms with Crippen LogP contribution >= 0.6 is 12.4 Å². The molecule has 0 amide bonds. The third-order valence-corrected chi connectivity index (χ3v) is 6.23. The molecule has 2 aromatic carbocycles. The van der Waals surface area contributed by atoms with Crippen LogP contribution in [0.25, 0.3) is 28.2 Å². The number of halogens is 1. The van der Waals surface area contributed by atoms with E-state index in [1.54, 1.807) is 23.2 Å². The fourth-order valence-corrected chi connectivity index (χ4v) is 4.43. The molecular formula is C28H27ClN4O4. The summed E-state index contributed by atoms with van der Waals surface area (Å²) in [5.41, 5.74) is 5.80. The van der Waals surface area contributed by atoms with Crippen LogP contribution in [0.2, 0.25) is 0 Å². The van der Waals surface area contributed by atoms with E-state index < -0.39 is 5.76 Å². The van der Waals surface area contributed by atoms with Crippen LogP contribution in [-0.2, 0) is 12.8 Å². The number of hydrogen-bond donors (Lipinski definition) is 1. The summed E-state index contributed by atoms with van der Waals surface area (Å²) < 4.78 is 11.5. The van der Waals surface area contributed by atoms with Gasteiger partial charge < -0.3 is 4.42 Å². The number of nitrogens with one attached hydrogen (secondary N) is 1. The minimum atomic E-state index is -0.596. The van der Waals surface area contributed by atoms with Gasteiger partial charge in [0.2, 0.25) is 0 Å². The van der Waals surface area contributed by atoms with Crippen molar-refractivity contribution in [2.24, 2.45) is 0 Å². The number of rotatable bonds is 8. The van der Waals surface area contributed by atoms with Gasteiger partial charge in [-0.25, -0.2) is 9.78 Å². The zero-order valence-corrected chi connectivity index (χ0v) is 21.4.